The number of hydrogen-bond acceptors (Lipinski definition) is 4. The lowest BCUT2D eigenvalue weighted by Crippen LogP contribution is -2.54. The minimum absolute atomic E-state index is 0.131. The van der Waals surface area contributed by atoms with Gasteiger partial charge in [-0.1, -0.05) is 49.7 Å². The lowest BCUT2D eigenvalue weighted by Gasteiger charge is -2.46. The predicted octanol–water partition coefficient (Wildman–Crippen LogP) is 5.08. The third-order valence-electron chi connectivity index (χ3n) is 8.01. The van der Waals surface area contributed by atoms with Crippen LogP contribution in [0, 0.1) is 0 Å². The van der Waals surface area contributed by atoms with E-state index in [2.05, 4.69) is 71.0 Å². The van der Waals surface area contributed by atoms with Gasteiger partial charge in [-0.2, -0.15) is 0 Å². The first-order chi connectivity index (χ1) is 17.1. The summed E-state index contributed by atoms with van der Waals surface area (Å²) in [4.78, 5) is 2.73. The van der Waals surface area contributed by atoms with E-state index in [9.17, 15) is 0 Å². The van der Waals surface area contributed by atoms with Crippen LogP contribution in [0.4, 0.5) is 0 Å². The summed E-state index contributed by atoms with van der Waals surface area (Å²) in [7, 11) is 3.43. The van der Waals surface area contributed by atoms with Crippen LogP contribution >= 0.6 is 12.2 Å². The van der Waals surface area contributed by atoms with E-state index in [-0.39, 0.29) is 5.41 Å². The molecule has 0 unspecified atom stereocenters. The van der Waals surface area contributed by atoms with E-state index in [4.69, 9.17) is 21.7 Å². The van der Waals surface area contributed by atoms with Crippen molar-refractivity contribution < 1.29 is 9.47 Å². The van der Waals surface area contributed by atoms with E-state index in [0.717, 1.165) is 68.3 Å². The molecule has 2 aromatic rings. The number of thiocarbonyl (C=S) groups is 1. The summed E-state index contributed by atoms with van der Waals surface area (Å²) in [5.74, 6) is 1.62. The van der Waals surface area contributed by atoms with Gasteiger partial charge in [0.15, 0.2) is 16.6 Å². The van der Waals surface area contributed by atoms with Crippen molar-refractivity contribution >= 4 is 17.3 Å². The number of nitrogens with one attached hydrogen (secondary N) is 2. The van der Waals surface area contributed by atoms with Gasteiger partial charge in [-0.15, -0.1) is 0 Å². The summed E-state index contributed by atoms with van der Waals surface area (Å²) in [5.41, 5.74) is 2.92. The van der Waals surface area contributed by atoms with Gasteiger partial charge in [0.2, 0.25) is 0 Å². The van der Waals surface area contributed by atoms with Gasteiger partial charge < -0.3 is 20.1 Å². The second-order valence-electron chi connectivity index (χ2n) is 9.99. The number of rotatable bonds is 10. The molecular formula is C29H41N3O2S. The second-order valence-corrected chi connectivity index (χ2v) is 10.4. The van der Waals surface area contributed by atoms with Crippen molar-refractivity contribution in [1.82, 2.24) is 15.5 Å². The molecule has 0 amide bonds. The topological polar surface area (TPSA) is 45.8 Å². The molecule has 2 aliphatic rings. The van der Waals surface area contributed by atoms with Gasteiger partial charge in [0.1, 0.15) is 0 Å². The molecule has 2 fully saturated rings. The lowest BCUT2D eigenvalue weighted by molar-refractivity contribution is 0.140. The van der Waals surface area contributed by atoms with Crippen LogP contribution < -0.4 is 20.1 Å². The third-order valence-corrected chi connectivity index (χ3v) is 8.27. The highest BCUT2D eigenvalue weighted by Gasteiger charge is 2.51. The van der Waals surface area contributed by atoms with Crippen LogP contribution in [0.15, 0.2) is 48.5 Å². The standard InChI is InChI=1S/C29H41N3O2S/c1-4-5-17-30-28(35)31-24-13-15-29(23-11-12-25(33-2)26(20-23)34-3)16-19-32(27(29)21-24)18-14-22-9-7-6-8-10-22/h6-12,20,24,27H,4-5,13-19,21H2,1-3H3,(H2,30,31,35)/t24-,27+,29+/m1/s1. The molecule has 6 heteroatoms. The average molecular weight is 496 g/mol. The molecule has 0 spiro atoms. The zero-order valence-electron chi connectivity index (χ0n) is 21.5. The molecule has 0 bridgehead atoms. The van der Waals surface area contributed by atoms with Gasteiger partial charge in [0, 0.05) is 30.6 Å². The number of fused-ring (bicyclic) bond motifs is 1. The Bertz CT molecular complexity index is 970. The predicted molar refractivity (Wildman–Crippen MR) is 148 cm³/mol. The van der Waals surface area contributed by atoms with Crippen LogP contribution in [0.2, 0.25) is 0 Å². The first kappa shape index (κ1) is 25.8. The molecule has 1 saturated heterocycles. The zero-order valence-corrected chi connectivity index (χ0v) is 22.3. The monoisotopic (exact) mass is 495 g/mol. The van der Waals surface area contributed by atoms with Crippen LogP contribution in [-0.4, -0.2) is 55.9 Å². The maximum atomic E-state index is 5.69. The Morgan fingerprint density at radius 2 is 1.89 bits per heavy atom. The van der Waals surface area contributed by atoms with Crippen molar-refractivity contribution in [3.05, 3.63) is 59.7 Å². The van der Waals surface area contributed by atoms with Gasteiger partial charge in [-0.25, -0.2) is 0 Å². The molecule has 0 radical (unpaired) electrons. The average Bonchev–Trinajstić information content (AvgIpc) is 3.26. The minimum atomic E-state index is 0.131. The van der Waals surface area contributed by atoms with E-state index in [1.807, 2.05) is 0 Å². The van der Waals surface area contributed by atoms with E-state index in [1.54, 1.807) is 14.2 Å². The molecule has 1 aliphatic carbocycles. The fourth-order valence-corrected chi connectivity index (χ4v) is 6.33. The van der Waals surface area contributed by atoms with E-state index in [0.29, 0.717) is 12.1 Å². The highest BCUT2D eigenvalue weighted by Crippen LogP contribution is 2.50. The van der Waals surface area contributed by atoms with Crippen molar-refractivity contribution in [1.29, 1.82) is 0 Å². The third kappa shape index (κ3) is 5.92. The van der Waals surface area contributed by atoms with Gasteiger partial charge in [-0.3, -0.25) is 4.90 Å². The molecular weight excluding hydrogens is 454 g/mol. The molecule has 2 N–H and O–H groups in total. The van der Waals surface area contributed by atoms with Crippen molar-refractivity contribution in [2.45, 2.75) is 69.4 Å². The number of methoxy groups -OCH3 is 2. The lowest BCUT2D eigenvalue weighted by atomic mass is 9.65. The molecule has 4 rings (SSSR count). The quantitative estimate of drug-likeness (QED) is 0.354. The highest BCUT2D eigenvalue weighted by molar-refractivity contribution is 7.80. The Labute approximate surface area is 216 Å². The fraction of sp³-hybridized carbons (Fsp3) is 0.552. The summed E-state index contributed by atoms with van der Waals surface area (Å²) in [6.07, 6.45) is 7.92. The number of nitrogens with zero attached hydrogens (tertiary/aromatic N) is 1. The number of likely N-dealkylation sites (tertiary alicyclic amines) is 1. The number of unbranched alkanes of at least 4 members (excludes halogenated alkanes) is 1. The maximum absolute atomic E-state index is 5.69. The summed E-state index contributed by atoms with van der Waals surface area (Å²) < 4.78 is 11.2. The second kappa shape index (κ2) is 12.1. The van der Waals surface area contributed by atoms with Crippen LogP contribution in [0.1, 0.15) is 56.6 Å². The smallest absolute Gasteiger partial charge is 0.166 e. The summed E-state index contributed by atoms with van der Waals surface area (Å²) in [6, 6.07) is 18.3. The molecule has 1 heterocycles. The normalized spacial score (nSPS) is 24.0. The number of benzene rings is 2. The van der Waals surface area contributed by atoms with Crippen molar-refractivity contribution in [3.63, 3.8) is 0 Å². The molecule has 35 heavy (non-hydrogen) atoms. The van der Waals surface area contributed by atoms with Crippen molar-refractivity contribution in [2.24, 2.45) is 0 Å². The summed E-state index contributed by atoms with van der Waals surface area (Å²) in [5, 5.41) is 7.84. The van der Waals surface area contributed by atoms with Gasteiger partial charge in [0.25, 0.3) is 0 Å². The Balaban J connectivity index is 1.54. The summed E-state index contributed by atoms with van der Waals surface area (Å²) >= 11 is 5.63. The molecule has 5 nitrogen and oxygen atoms in total. The molecule has 190 valence electrons. The van der Waals surface area contributed by atoms with Gasteiger partial charge in [-0.05, 0) is 80.5 Å². The van der Waals surface area contributed by atoms with Crippen LogP contribution in [0.5, 0.6) is 11.5 Å². The van der Waals surface area contributed by atoms with Crippen LogP contribution in [0.25, 0.3) is 0 Å². The molecule has 0 aromatic heterocycles. The number of hydrogen-bond donors (Lipinski definition) is 2. The van der Waals surface area contributed by atoms with Crippen LogP contribution in [0.3, 0.4) is 0 Å². The highest BCUT2D eigenvalue weighted by atomic mass is 32.1. The van der Waals surface area contributed by atoms with Crippen molar-refractivity contribution in [3.8, 4) is 11.5 Å². The van der Waals surface area contributed by atoms with E-state index < -0.39 is 0 Å². The largest absolute Gasteiger partial charge is 0.493 e. The number of ether oxygens (including phenoxy) is 2. The minimum Gasteiger partial charge on any atom is -0.493 e. The maximum Gasteiger partial charge on any atom is 0.166 e. The molecule has 2 aromatic carbocycles. The van der Waals surface area contributed by atoms with E-state index in [1.165, 1.54) is 24.0 Å². The molecule has 1 aliphatic heterocycles. The van der Waals surface area contributed by atoms with Crippen molar-refractivity contribution in [2.75, 3.05) is 33.9 Å². The van der Waals surface area contributed by atoms with E-state index >= 15 is 0 Å². The first-order valence-electron chi connectivity index (χ1n) is 13.1. The van der Waals surface area contributed by atoms with Crippen LogP contribution in [-0.2, 0) is 11.8 Å². The molecule has 1 saturated carbocycles. The fourth-order valence-electron chi connectivity index (χ4n) is 6.06. The Morgan fingerprint density at radius 1 is 1.09 bits per heavy atom. The Kier molecular flexibility index (Phi) is 8.90. The summed E-state index contributed by atoms with van der Waals surface area (Å²) in [6.45, 7) is 5.35. The Hall–Kier alpha value is -2.31. The Morgan fingerprint density at radius 3 is 2.63 bits per heavy atom. The molecule has 3 atom stereocenters. The zero-order chi connectivity index (χ0) is 24.7. The van der Waals surface area contributed by atoms with Gasteiger partial charge >= 0.3 is 0 Å². The first-order valence-corrected chi connectivity index (χ1v) is 13.5. The van der Waals surface area contributed by atoms with Gasteiger partial charge in [0.05, 0.1) is 14.2 Å². The SMILES string of the molecule is CCCCNC(=S)N[C@@H]1CC[C@@]2(c3ccc(OC)c(OC)c3)CCN(CCc3ccccc3)[C@H]2C1.